The Morgan fingerprint density at radius 3 is 2.14 bits per heavy atom. The van der Waals surface area contributed by atoms with E-state index in [1.165, 1.54) is 21.0 Å². The summed E-state index contributed by atoms with van der Waals surface area (Å²) in [4.78, 5) is 32.6. The van der Waals surface area contributed by atoms with Gasteiger partial charge >= 0.3 is 5.97 Å². The van der Waals surface area contributed by atoms with Gasteiger partial charge in [-0.25, -0.2) is 0 Å². The maximum Gasteiger partial charge on any atom is 0.320 e. The van der Waals surface area contributed by atoms with Gasteiger partial charge in [-0.1, -0.05) is 23.5 Å². The summed E-state index contributed by atoms with van der Waals surface area (Å²) >= 11 is 1.90. The number of carbonyl (C=O) groups excluding carboxylic acids is 3. The largest absolute Gasteiger partial charge is 0.468 e. The molecule has 1 unspecified atom stereocenters. The highest BCUT2D eigenvalue weighted by atomic mass is 32.2. The van der Waals surface area contributed by atoms with Crippen molar-refractivity contribution in [3.63, 3.8) is 0 Å². The van der Waals surface area contributed by atoms with Crippen LogP contribution in [0, 0.1) is 0 Å². The summed E-state index contributed by atoms with van der Waals surface area (Å²) in [5.41, 5.74) is 0. The van der Waals surface area contributed by atoms with Gasteiger partial charge in [-0.3, -0.25) is 14.4 Å². The van der Waals surface area contributed by atoms with E-state index < -0.39 is 11.2 Å². The number of hydrogen-bond donors (Lipinski definition) is 0. The van der Waals surface area contributed by atoms with Crippen LogP contribution in [0.15, 0.2) is 0 Å². The Morgan fingerprint density at radius 2 is 1.79 bits per heavy atom. The van der Waals surface area contributed by atoms with Crippen molar-refractivity contribution >= 4 is 39.7 Å². The van der Waals surface area contributed by atoms with Crippen LogP contribution in [0.2, 0.25) is 0 Å². The Labute approximate surface area is 91.1 Å². The molecule has 0 aromatic rings. The summed E-state index contributed by atoms with van der Waals surface area (Å²) in [7, 11) is 1.26. The molecular formula is C8H12O4S2. The molecule has 0 aromatic carbocycles. The van der Waals surface area contributed by atoms with Crippen molar-refractivity contribution in [1.82, 2.24) is 0 Å². The van der Waals surface area contributed by atoms with E-state index in [0.717, 1.165) is 23.5 Å². The first-order chi connectivity index (χ1) is 6.47. The third-order valence-electron chi connectivity index (χ3n) is 1.21. The Morgan fingerprint density at radius 1 is 1.21 bits per heavy atom. The topological polar surface area (TPSA) is 60.4 Å². The Balaban J connectivity index is 4.17. The van der Waals surface area contributed by atoms with E-state index in [1.807, 2.05) is 0 Å². The molecule has 0 amide bonds. The molecule has 0 spiro atoms. The van der Waals surface area contributed by atoms with Crippen LogP contribution in [0.4, 0.5) is 0 Å². The maximum absolute atomic E-state index is 11.1. The van der Waals surface area contributed by atoms with Gasteiger partial charge in [-0.2, -0.15) is 0 Å². The van der Waals surface area contributed by atoms with Gasteiger partial charge in [0.1, 0.15) is 5.25 Å². The molecule has 0 heterocycles. The fourth-order valence-electron chi connectivity index (χ4n) is 0.675. The second-order valence-corrected chi connectivity index (χ2v) is 5.00. The lowest BCUT2D eigenvalue weighted by Gasteiger charge is -2.10. The molecule has 0 saturated carbocycles. The van der Waals surface area contributed by atoms with Crippen molar-refractivity contribution in [2.45, 2.75) is 19.1 Å². The molecular weight excluding hydrogens is 224 g/mol. The highest BCUT2D eigenvalue weighted by molar-refractivity contribution is 8.17. The van der Waals surface area contributed by atoms with Gasteiger partial charge in [-0.15, -0.1) is 0 Å². The summed E-state index contributed by atoms with van der Waals surface area (Å²) in [6.07, 6.45) is 0. The van der Waals surface area contributed by atoms with Crippen molar-refractivity contribution in [2.24, 2.45) is 0 Å². The van der Waals surface area contributed by atoms with E-state index in [2.05, 4.69) is 4.74 Å². The lowest BCUT2D eigenvalue weighted by Crippen LogP contribution is -2.23. The van der Waals surface area contributed by atoms with E-state index in [1.54, 1.807) is 0 Å². The van der Waals surface area contributed by atoms with Gasteiger partial charge in [0, 0.05) is 19.6 Å². The number of ether oxygens (including phenoxy) is 1. The Kier molecular flexibility index (Phi) is 6.65. The summed E-state index contributed by atoms with van der Waals surface area (Å²) in [6.45, 7) is 2.79. The average Bonchev–Trinajstić information content (AvgIpc) is 2.10. The lowest BCUT2D eigenvalue weighted by molar-refractivity contribution is -0.139. The minimum atomic E-state index is -0.591. The first-order valence-corrected chi connectivity index (χ1v) is 5.72. The monoisotopic (exact) mass is 236 g/mol. The number of rotatable bonds is 4. The SMILES string of the molecule is COC(=O)C(CSC(C)=O)SC(C)=O. The van der Waals surface area contributed by atoms with Crippen molar-refractivity contribution in [3.05, 3.63) is 0 Å². The highest BCUT2D eigenvalue weighted by Crippen LogP contribution is 2.18. The normalized spacial score (nSPS) is 11.9. The molecule has 14 heavy (non-hydrogen) atoms. The van der Waals surface area contributed by atoms with Gasteiger partial charge in [0.25, 0.3) is 0 Å². The molecule has 0 fully saturated rings. The molecule has 0 rings (SSSR count). The van der Waals surface area contributed by atoms with Crippen LogP contribution < -0.4 is 0 Å². The second kappa shape index (κ2) is 6.89. The molecule has 0 aliphatic carbocycles. The Hall–Kier alpha value is -0.490. The summed E-state index contributed by atoms with van der Waals surface area (Å²) in [5.74, 6) is -0.203. The fraction of sp³-hybridized carbons (Fsp3) is 0.625. The second-order valence-electron chi connectivity index (χ2n) is 2.42. The standard InChI is InChI=1S/C8H12O4S2/c1-5(9)13-4-7(8(11)12-3)14-6(2)10/h7H,4H2,1-3H3. The van der Waals surface area contributed by atoms with Crippen LogP contribution in [0.25, 0.3) is 0 Å². The zero-order valence-electron chi connectivity index (χ0n) is 8.23. The van der Waals surface area contributed by atoms with Crippen LogP contribution in [-0.2, 0) is 19.1 Å². The number of methoxy groups -OCH3 is 1. The van der Waals surface area contributed by atoms with Crippen molar-refractivity contribution in [1.29, 1.82) is 0 Å². The van der Waals surface area contributed by atoms with Crippen LogP contribution in [0.5, 0.6) is 0 Å². The molecule has 0 aliphatic heterocycles. The number of carbonyl (C=O) groups is 3. The molecule has 6 heteroatoms. The quantitative estimate of drug-likeness (QED) is 0.681. The first kappa shape index (κ1) is 13.5. The molecule has 1 atom stereocenters. The molecule has 4 nitrogen and oxygen atoms in total. The Bertz CT molecular complexity index is 239. The molecule has 80 valence electrons. The number of esters is 1. The van der Waals surface area contributed by atoms with E-state index in [4.69, 9.17) is 0 Å². The van der Waals surface area contributed by atoms with Crippen molar-refractivity contribution in [2.75, 3.05) is 12.9 Å². The van der Waals surface area contributed by atoms with Gasteiger partial charge < -0.3 is 4.74 Å². The predicted molar refractivity (Wildman–Crippen MR) is 57.2 cm³/mol. The first-order valence-electron chi connectivity index (χ1n) is 3.85. The molecule has 0 radical (unpaired) electrons. The lowest BCUT2D eigenvalue weighted by atomic mass is 10.5. The van der Waals surface area contributed by atoms with E-state index in [9.17, 15) is 14.4 Å². The van der Waals surface area contributed by atoms with Crippen molar-refractivity contribution in [3.8, 4) is 0 Å². The van der Waals surface area contributed by atoms with Gasteiger partial charge in [0.05, 0.1) is 7.11 Å². The summed E-state index contributed by atoms with van der Waals surface area (Å²) < 4.78 is 4.51. The summed E-state index contributed by atoms with van der Waals surface area (Å²) in [5, 5.41) is -0.834. The van der Waals surface area contributed by atoms with Crippen LogP contribution >= 0.6 is 23.5 Å². The van der Waals surface area contributed by atoms with Gasteiger partial charge in [0.2, 0.25) is 0 Å². The molecule has 0 N–H and O–H groups in total. The third kappa shape index (κ3) is 6.04. The van der Waals surface area contributed by atoms with Crippen LogP contribution in [-0.4, -0.2) is 34.3 Å². The molecule has 0 bridgehead atoms. The van der Waals surface area contributed by atoms with Gasteiger partial charge in [0.15, 0.2) is 10.2 Å². The predicted octanol–water partition coefficient (Wildman–Crippen LogP) is 1.09. The van der Waals surface area contributed by atoms with Crippen LogP contribution in [0.3, 0.4) is 0 Å². The zero-order valence-corrected chi connectivity index (χ0v) is 9.87. The fourth-order valence-corrected chi connectivity index (χ4v) is 2.27. The van der Waals surface area contributed by atoms with Crippen molar-refractivity contribution < 1.29 is 19.1 Å². The van der Waals surface area contributed by atoms with Crippen LogP contribution in [0.1, 0.15) is 13.8 Å². The zero-order chi connectivity index (χ0) is 11.1. The summed E-state index contributed by atoms with van der Waals surface area (Å²) in [6, 6.07) is 0. The average molecular weight is 236 g/mol. The molecule has 0 saturated heterocycles. The van der Waals surface area contributed by atoms with Gasteiger partial charge in [-0.05, 0) is 0 Å². The molecule has 0 aromatic heterocycles. The highest BCUT2D eigenvalue weighted by Gasteiger charge is 2.22. The molecule has 0 aliphatic rings. The van der Waals surface area contributed by atoms with E-state index >= 15 is 0 Å². The number of thioether (sulfide) groups is 2. The smallest absolute Gasteiger partial charge is 0.320 e. The minimum Gasteiger partial charge on any atom is -0.468 e. The minimum absolute atomic E-state index is 0.0805. The van der Waals surface area contributed by atoms with E-state index in [0.29, 0.717) is 0 Å². The third-order valence-corrected chi connectivity index (χ3v) is 3.30. The van der Waals surface area contributed by atoms with E-state index in [-0.39, 0.29) is 16.0 Å². The maximum atomic E-state index is 11.1. The number of hydrogen-bond acceptors (Lipinski definition) is 6.